The number of thiocarbonyl (C=S) groups is 1. The fraction of sp³-hybridized carbons (Fsp3) is 0.909. The van der Waals surface area contributed by atoms with E-state index in [2.05, 4.69) is 0 Å². The molecule has 0 unspecified atom stereocenters. The molecule has 0 aliphatic heterocycles. The van der Waals surface area contributed by atoms with Gasteiger partial charge in [0.1, 0.15) is 0 Å². The van der Waals surface area contributed by atoms with Crippen molar-refractivity contribution in [2.24, 2.45) is 11.7 Å². The average molecular weight is 296 g/mol. The first-order chi connectivity index (χ1) is 8.29. The number of nitrogens with two attached hydrogens (primary N) is 1. The Kier molecular flexibility index (Phi) is 8.67. The number of methoxy groups -OCH3 is 1. The average Bonchev–Trinajstić information content (AvgIpc) is 2.23. The second-order valence-corrected chi connectivity index (χ2v) is 7.24. The van der Waals surface area contributed by atoms with Gasteiger partial charge in [-0.05, 0) is 12.3 Å². The highest BCUT2D eigenvalue weighted by Gasteiger charge is 2.22. The molecule has 0 aliphatic rings. The van der Waals surface area contributed by atoms with E-state index >= 15 is 0 Å². The van der Waals surface area contributed by atoms with Crippen LogP contribution in [0.5, 0.6) is 0 Å². The predicted octanol–water partition coefficient (Wildman–Crippen LogP) is 0.987. The Hall–Kier alpha value is -0.240. The highest BCUT2D eigenvalue weighted by molar-refractivity contribution is 7.89. The van der Waals surface area contributed by atoms with Crippen molar-refractivity contribution in [3.63, 3.8) is 0 Å². The SMILES string of the molecule is COCCCS(=O)(=O)N(CCC(N)=S)CC(C)C. The third kappa shape index (κ3) is 7.97. The van der Waals surface area contributed by atoms with Crippen LogP contribution in [0, 0.1) is 5.92 Å². The first-order valence-corrected chi connectivity index (χ1v) is 8.06. The molecule has 0 heterocycles. The molecule has 0 atom stereocenters. The van der Waals surface area contributed by atoms with Crippen molar-refractivity contribution in [3.05, 3.63) is 0 Å². The van der Waals surface area contributed by atoms with Gasteiger partial charge in [0, 0.05) is 33.2 Å². The Morgan fingerprint density at radius 3 is 2.50 bits per heavy atom. The first kappa shape index (κ1) is 17.8. The zero-order valence-corrected chi connectivity index (χ0v) is 13.0. The van der Waals surface area contributed by atoms with Crippen LogP contribution in [0.1, 0.15) is 26.7 Å². The number of ether oxygens (including phenoxy) is 1. The van der Waals surface area contributed by atoms with Gasteiger partial charge in [-0.3, -0.25) is 0 Å². The Morgan fingerprint density at radius 2 is 2.06 bits per heavy atom. The summed E-state index contributed by atoms with van der Waals surface area (Å²) in [4.78, 5) is 0.343. The molecule has 7 heteroatoms. The molecule has 0 saturated heterocycles. The molecular formula is C11H24N2O3S2. The van der Waals surface area contributed by atoms with E-state index in [1.807, 2.05) is 13.8 Å². The summed E-state index contributed by atoms with van der Waals surface area (Å²) in [5, 5.41) is 0. The molecule has 0 spiro atoms. The molecule has 0 aliphatic carbocycles. The van der Waals surface area contributed by atoms with Gasteiger partial charge >= 0.3 is 0 Å². The van der Waals surface area contributed by atoms with Crippen molar-refractivity contribution in [2.75, 3.05) is 32.6 Å². The van der Waals surface area contributed by atoms with Crippen LogP contribution >= 0.6 is 12.2 Å². The molecule has 0 aromatic carbocycles. The lowest BCUT2D eigenvalue weighted by molar-refractivity contribution is 0.199. The Labute approximate surface area is 116 Å². The van der Waals surface area contributed by atoms with Gasteiger partial charge < -0.3 is 10.5 Å². The quantitative estimate of drug-likeness (QED) is 0.481. The number of hydrogen-bond donors (Lipinski definition) is 1. The van der Waals surface area contributed by atoms with E-state index in [0.29, 0.717) is 37.5 Å². The zero-order valence-electron chi connectivity index (χ0n) is 11.4. The third-order valence-corrected chi connectivity index (χ3v) is 4.45. The Balaban J connectivity index is 4.55. The van der Waals surface area contributed by atoms with Gasteiger partial charge in [0.05, 0.1) is 10.7 Å². The van der Waals surface area contributed by atoms with Crippen molar-refractivity contribution >= 4 is 27.2 Å². The molecule has 2 N–H and O–H groups in total. The predicted molar refractivity (Wildman–Crippen MR) is 78.1 cm³/mol. The third-order valence-electron chi connectivity index (χ3n) is 2.32. The number of nitrogens with zero attached hydrogens (tertiary/aromatic N) is 1. The first-order valence-electron chi connectivity index (χ1n) is 6.04. The maximum Gasteiger partial charge on any atom is 0.214 e. The van der Waals surface area contributed by atoms with Crippen LogP contribution in [0.3, 0.4) is 0 Å². The Morgan fingerprint density at radius 1 is 1.44 bits per heavy atom. The molecule has 0 rings (SSSR count). The molecular weight excluding hydrogens is 272 g/mol. The van der Waals surface area contributed by atoms with Gasteiger partial charge in [0.2, 0.25) is 10.0 Å². The molecule has 5 nitrogen and oxygen atoms in total. The molecule has 0 aromatic heterocycles. The minimum atomic E-state index is -3.25. The number of sulfonamides is 1. The van der Waals surface area contributed by atoms with Gasteiger partial charge in [-0.1, -0.05) is 26.1 Å². The second-order valence-electron chi connectivity index (χ2n) is 4.63. The summed E-state index contributed by atoms with van der Waals surface area (Å²) in [5.41, 5.74) is 5.43. The Bertz CT molecular complexity index is 342. The van der Waals surface area contributed by atoms with Crippen molar-refractivity contribution in [2.45, 2.75) is 26.7 Å². The van der Waals surface area contributed by atoms with Crippen molar-refractivity contribution < 1.29 is 13.2 Å². The number of rotatable bonds is 10. The molecule has 0 aromatic rings. The van der Waals surface area contributed by atoms with E-state index in [1.54, 1.807) is 7.11 Å². The minimum Gasteiger partial charge on any atom is -0.393 e. The maximum absolute atomic E-state index is 12.1. The van der Waals surface area contributed by atoms with E-state index < -0.39 is 10.0 Å². The van der Waals surface area contributed by atoms with Crippen LogP contribution in [0.4, 0.5) is 0 Å². The van der Waals surface area contributed by atoms with Gasteiger partial charge in [-0.25, -0.2) is 12.7 Å². The highest BCUT2D eigenvalue weighted by atomic mass is 32.2. The largest absolute Gasteiger partial charge is 0.393 e. The lowest BCUT2D eigenvalue weighted by Gasteiger charge is -2.23. The van der Waals surface area contributed by atoms with E-state index in [9.17, 15) is 8.42 Å². The number of hydrogen-bond acceptors (Lipinski definition) is 4. The molecule has 108 valence electrons. The topological polar surface area (TPSA) is 72.6 Å². The minimum absolute atomic E-state index is 0.102. The highest BCUT2D eigenvalue weighted by Crippen LogP contribution is 2.09. The van der Waals surface area contributed by atoms with Crippen LogP contribution in [0.25, 0.3) is 0 Å². The molecule has 0 fully saturated rings. The monoisotopic (exact) mass is 296 g/mol. The van der Waals surface area contributed by atoms with Crippen LogP contribution in [-0.4, -0.2) is 50.3 Å². The summed E-state index contributed by atoms with van der Waals surface area (Å²) in [5.74, 6) is 0.374. The van der Waals surface area contributed by atoms with E-state index in [0.717, 1.165) is 0 Å². The second kappa shape index (κ2) is 8.79. The fourth-order valence-corrected chi connectivity index (χ4v) is 3.23. The van der Waals surface area contributed by atoms with Crippen LogP contribution < -0.4 is 5.73 Å². The summed E-state index contributed by atoms with van der Waals surface area (Å²) in [6, 6.07) is 0. The summed E-state index contributed by atoms with van der Waals surface area (Å²) in [6.45, 7) is 5.28. The molecule has 18 heavy (non-hydrogen) atoms. The summed E-state index contributed by atoms with van der Waals surface area (Å²) in [6.07, 6.45) is 0.923. The van der Waals surface area contributed by atoms with Crippen molar-refractivity contribution in [3.8, 4) is 0 Å². The van der Waals surface area contributed by atoms with Gasteiger partial charge in [-0.2, -0.15) is 0 Å². The van der Waals surface area contributed by atoms with Gasteiger partial charge in [0.15, 0.2) is 0 Å². The maximum atomic E-state index is 12.1. The lowest BCUT2D eigenvalue weighted by atomic mass is 10.2. The van der Waals surface area contributed by atoms with E-state index in [-0.39, 0.29) is 11.7 Å². The van der Waals surface area contributed by atoms with Crippen LogP contribution in [0.2, 0.25) is 0 Å². The normalized spacial score (nSPS) is 12.3. The van der Waals surface area contributed by atoms with Crippen molar-refractivity contribution in [1.82, 2.24) is 4.31 Å². The summed E-state index contributed by atoms with van der Waals surface area (Å²) in [7, 11) is -1.69. The van der Waals surface area contributed by atoms with Crippen LogP contribution in [0.15, 0.2) is 0 Å². The molecule has 0 amide bonds. The molecule has 0 bridgehead atoms. The lowest BCUT2D eigenvalue weighted by Crippen LogP contribution is -2.38. The van der Waals surface area contributed by atoms with Gasteiger partial charge in [0.25, 0.3) is 0 Å². The molecule has 0 radical (unpaired) electrons. The van der Waals surface area contributed by atoms with Gasteiger partial charge in [-0.15, -0.1) is 0 Å². The van der Waals surface area contributed by atoms with E-state index in [4.69, 9.17) is 22.7 Å². The van der Waals surface area contributed by atoms with Crippen molar-refractivity contribution in [1.29, 1.82) is 0 Å². The fourth-order valence-electron chi connectivity index (χ4n) is 1.50. The molecule has 0 saturated carbocycles. The standard InChI is InChI=1S/C11H24N2O3S2/c1-10(2)9-13(6-5-11(12)17)18(14,15)8-4-7-16-3/h10H,4-9H2,1-3H3,(H2,12,17). The summed E-state index contributed by atoms with van der Waals surface area (Å²) >= 11 is 4.79. The zero-order chi connectivity index (χ0) is 14.2. The summed E-state index contributed by atoms with van der Waals surface area (Å²) < 4.78 is 30.6. The van der Waals surface area contributed by atoms with Crippen LogP contribution in [-0.2, 0) is 14.8 Å². The smallest absolute Gasteiger partial charge is 0.214 e. The van der Waals surface area contributed by atoms with E-state index in [1.165, 1.54) is 4.31 Å².